The number of imidazole rings is 1. The molecular formula is C21H21N5O. The summed E-state index contributed by atoms with van der Waals surface area (Å²) in [5.74, 6) is 0.758. The van der Waals surface area contributed by atoms with E-state index in [-0.39, 0.29) is 5.69 Å². The Bertz CT molecular complexity index is 1130. The van der Waals surface area contributed by atoms with Gasteiger partial charge < -0.3 is 14.9 Å². The van der Waals surface area contributed by atoms with Gasteiger partial charge in [-0.3, -0.25) is 0 Å². The molecule has 0 aliphatic heterocycles. The number of fused-ring (bicyclic) bond motifs is 1. The summed E-state index contributed by atoms with van der Waals surface area (Å²) in [6.07, 6.45) is 1.79. The molecule has 0 saturated heterocycles. The van der Waals surface area contributed by atoms with Gasteiger partial charge in [-0.15, -0.1) is 0 Å². The highest BCUT2D eigenvalue weighted by atomic mass is 16.1. The first-order valence-corrected chi connectivity index (χ1v) is 8.88. The zero-order chi connectivity index (χ0) is 18.8. The predicted octanol–water partition coefficient (Wildman–Crippen LogP) is 3.47. The Morgan fingerprint density at radius 3 is 2.48 bits per heavy atom. The van der Waals surface area contributed by atoms with Crippen LogP contribution < -0.4 is 10.6 Å². The number of H-pyrrole nitrogens is 2. The van der Waals surface area contributed by atoms with E-state index in [9.17, 15) is 4.79 Å². The molecule has 0 amide bonds. The fourth-order valence-corrected chi connectivity index (χ4v) is 3.16. The summed E-state index contributed by atoms with van der Waals surface area (Å²) in [5, 5.41) is 0. The zero-order valence-corrected chi connectivity index (χ0v) is 15.4. The van der Waals surface area contributed by atoms with Crippen molar-refractivity contribution in [1.82, 2.24) is 19.9 Å². The van der Waals surface area contributed by atoms with Crippen molar-refractivity contribution < 1.29 is 0 Å². The summed E-state index contributed by atoms with van der Waals surface area (Å²) < 4.78 is 0. The number of benzene rings is 2. The Balaban J connectivity index is 1.70. The Labute approximate surface area is 156 Å². The summed E-state index contributed by atoms with van der Waals surface area (Å²) in [7, 11) is 0. The summed E-state index contributed by atoms with van der Waals surface area (Å²) in [6.45, 7) is 5.37. The van der Waals surface area contributed by atoms with Gasteiger partial charge in [-0.1, -0.05) is 29.8 Å². The molecule has 0 radical (unpaired) electrons. The molecule has 0 atom stereocenters. The summed E-state index contributed by atoms with van der Waals surface area (Å²) in [5.41, 5.74) is 5.84. The number of hydrogen-bond acceptors (Lipinski definition) is 4. The van der Waals surface area contributed by atoms with E-state index in [4.69, 9.17) is 0 Å². The van der Waals surface area contributed by atoms with Crippen LogP contribution in [0.1, 0.15) is 22.6 Å². The fraction of sp³-hybridized carbons (Fsp3) is 0.190. The van der Waals surface area contributed by atoms with Crippen molar-refractivity contribution in [2.75, 3.05) is 4.90 Å². The highest BCUT2D eigenvalue weighted by Gasteiger charge is 2.11. The van der Waals surface area contributed by atoms with Crippen molar-refractivity contribution in [2.24, 2.45) is 0 Å². The maximum absolute atomic E-state index is 11.6. The van der Waals surface area contributed by atoms with Crippen LogP contribution in [0.25, 0.3) is 11.0 Å². The fourth-order valence-electron chi connectivity index (χ4n) is 3.16. The predicted molar refractivity (Wildman–Crippen MR) is 107 cm³/mol. The quantitative estimate of drug-likeness (QED) is 0.572. The van der Waals surface area contributed by atoms with Gasteiger partial charge in [-0.25, -0.2) is 14.8 Å². The maximum Gasteiger partial charge on any atom is 0.323 e. The van der Waals surface area contributed by atoms with E-state index in [0.717, 1.165) is 34.8 Å². The average Bonchev–Trinajstić information content (AvgIpc) is 3.02. The van der Waals surface area contributed by atoms with Crippen LogP contribution in [0.15, 0.2) is 59.5 Å². The standard InChI is InChI=1S/C21H21N5O/c1-14-3-5-16(6-4-14)12-26(13-17-9-10-22-15(2)23-17)18-7-8-19-20(11-18)25-21(27)24-19/h3-11H,12-13H2,1-2H3,(H2,24,25,27). The molecule has 4 rings (SSSR count). The van der Waals surface area contributed by atoms with E-state index in [2.05, 4.69) is 56.0 Å². The molecule has 2 heterocycles. The molecule has 2 N–H and O–H groups in total. The highest BCUT2D eigenvalue weighted by Crippen LogP contribution is 2.23. The Morgan fingerprint density at radius 1 is 0.926 bits per heavy atom. The van der Waals surface area contributed by atoms with Gasteiger partial charge in [-0.2, -0.15) is 0 Å². The van der Waals surface area contributed by atoms with E-state index < -0.39 is 0 Å². The molecule has 4 aromatic rings. The normalized spacial score (nSPS) is 11.0. The number of nitrogens with zero attached hydrogens (tertiary/aromatic N) is 3. The molecule has 0 bridgehead atoms. The third-order valence-corrected chi connectivity index (χ3v) is 4.55. The van der Waals surface area contributed by atoms with Crippen molar-refractivity contribution in [3.8, 4) is 0 Å². The first kappa shape index (κ1) is 17.0. The first-order chi connectivity index (χ1) is 13.1. The largest absolute Gasteiger partial charge is 0.361 e. The molecule has 0 aliphatic rings. The number of aryl methyl sites for hydroxylation is 2. The second kappa shape index (κ2) is 7.07. The van der Waals surface area contributed by atoms with Crippen LogP contribution in [0.2, 0.25) is 0 Å². The van der Waals surface area contributed by atoms with E-state index in [1.54, 1.807) is 6.20 Å². The van der Waals surface area contributed by atoms with Crippen LogP contribution in [0, 0.1) is 13.8 Å². The SMILES string of the molecule is Cc1ccc(CN(Cc2ccnc(C)n2)c2ccc3[nH]c(=O)[nH]c3c2)cc1. The summed E-state index contributed by atoms with van der Waals surface area (Å²) >= 11 is 0. The lowest BCUT2D eigenvalue weighted by atomic mass is 10.1. The van der Waals surface area contributed by atoms with Crippen LogP contribution in [0.3, 0.4) is 0 Å². The molecule has 27 heavy (non-hydrogen) atoms. The molecular weight excluding hydrogens is 338 g/mol. The van der Waals surface area contributed by atoms with Gasteiger partial charge in [0.15, 0.2) is 0 Å². The van der Waals surface area contributed by atoms with Gasteiger partial charge in [0, 0.05) is 18.4 Å². The number of rotatable bonds is 5. The molecule has 0 fully saturated rings. The van der Waals surface area contributed by atoms with Gasteiger partial charge in [-0.05, 0) is 43.7 Å². The molecule has 0 unspecified atom stereocenters. The Morgan fingerprint density at radius 2 is 1.70 bits per heavy atom. The van der Waals surface area contributed by atoms with Gasteiger partial charge >= 0.3 is 5.69 Å². The van der Waals surface area contributed by atoms with Crippen LogP contribution in [-0.4, -0.2) is 19.9 Å². The second-order valence-corrected chi connectivity index (χ2v) is 6.75. The lowest BCUT2D eigenvalue weighted by Crippen LogP contribution is -2.23. The topological polar surface area (TPSA) is 77.7 Å². The van der Waals surface area contributed by atoms with Crippen LogP contribution >= 0.6 is 0 Å². The van der Waals surface area contributed by atoms with E-state index in [1.165, 1.54) is 11.1 Å². The lowest BCUT2D eigenvalue weighted by molar-refractivity contribution is 0.772. The molecule has 2 aromatic carbocycles. The van der Waals surface area contributed by atoms with Crippen LogP contribution in [-0.2, 0) is 13.1 Å². The van der Waals surface area contributed by atoms with E-state index >= 15 is 0 Å². The van der Waals surface area contributed by atoms with Crippen molar-refractivity contribution in [2.45, 2.75) is 26.9 Å². The first-order valence-electron chi connectivity index (χ1n) is 8.88. The smallest absolute Gasteiger partial charge is 0.323 e. The van der Waals surface area contributed by atoms with Crippen molar-refractivity contribution in [3.05, 3.63) is 87.9 Å². The molecule has 6 heteroatoms. The zero-order valence-electron chi connectivity index (χ0n) is 15.4. The minimum absolute atomic E-state index is 0.196. The Kier molecular flexibility index (Phi) is 4.46. The van der Waals surface area contributed by atoms with Crippen molar-refractivity contribution in [1.29, 1.82) is 0 Å². The molecule has 0 aliphatic carbocycles. The molecule has 2 aromatic heterocycles. The maximum atomic E-state index is 11.6. The number of nitrogens with one attached hydrogen (secondary N) is 2. The van der Waals surface area contributed by atoms with Gasteiger partial charge in [0.25, 0.3) is 0 Å². The summed E-state index contributed by atoms with van der Waals surface area (Å²) in [4.78, 5) is 28.2. The third-order valence-electron chi connectivity index (χ3n) is 4.55. The number of anilines is 1. The van der Waals surface area contributed by atoms with E-state index in [1.807, 2.05) is 31.2 Å². The number of aromatic nitrogens is 4. The average molecular weight is 359 g/mol. The third kappa shape index (κ3) is 3.89. The minimum Gasteiger partial charge on any atom is -0.361 e. The molecule has 0 spiro atoms. The van der Waals surface area contributed by atoms with Crippen LogP contribution in [0.4, 0.5) is 5.69 Å². The Hall–Kier alpha value is -3.41. The monoisotopic (exact) mass is 359 g/mol. The van der Waals surface area contributed by atoms with E-state index in [0.29, 0.717) is 6.54 Å². The number of aromatic amines is 2. The molecule has 0 saturated carbocycles. The summed E-state index contributed by atoms with van der Waals surface area (Å²) in [6, 6.07) is 16.4. The second-order valence-electron chi connectivity index (χ2n) is 6.75. The molecule has 6 nitrogen and oxygen atoms in total. The van der Waals surface area contributed by atoms with Gasteiger partial charge in [0.05, 0.1) is 23.3 Å². The number of hydrogen-bond donors (Lipinski definition) is 2. The van der Waals surface area contributed by atoms with Gasteiger partial charge in [0.1, 0.15) is 5.82 Å². The van der Waals surface area contributed by atoms with Gasteiger partial charge in [0.2, 0.25) is 0 Å². The van der Waals surface area contributed by atoms with Crippen molar-refractivity contribution in [3.63, 3.8) is 0 Å². The van der Waals surface area contributed by atoms with Crippen molar-refractivity contribution >= 4 is 16.7 Å². The van der Waals surface area contributed by atoms with Crippen LogP contribution in [0.5, 0.6) is 0 Å². The molecule has 136 valence electrons. The lowest BCUT2D eigenvalue weighted by Gasteiger charge is -2.25. The highest BCUT2D eigenvalue weighted by molar-refractivity contribution is 5.79. The minimum atomic E-state index is -0.196.